The molecule has 1 aromatic carbocycles. The molecule has 0 aromatic heterocycles. The number of methoxy groups -OCH3 is 2. The summed E-state index contributed by atoms with van der Waals surface area (Å²) in [4.78, 5) is 17.5. The molecule has 0 bridgehead atoms. The van der Waals surface area contributed by atoms with Gasteiger partial charge in [-0.3, -0.25) is 14.6 Å². The minimum atomic E-state index is -0.0626. The lowest BCUT2D eigenvalue weighted by Gasteiger charge is -2.38. The van der Waals surface area contributed by atoms with Crippen LogP contribution in [0.5, 0.6) is 11.5 Å². The molecule has 3 atom stereocenters. The van der Waals surface area contributed by atoms with Gasteiger partial charge in [0.05, 0.1) is 20.3 Å². The molecule has 6 heteroatoms. The van der Waals surface area contributed by atoms with Gasteiger partial charge in [0.1, 0.15) is 0 Å². The van der Waals surface area contributed by atoms with Crippen molar-refractivity contribution in [2.45, 2.75) is 58.2 Å². The van der Waals surface area contributed by atoms with Gasteiger partial charge in [0, 0.05) is 38.8 Å². The van der Waals surface area contributed by atoms with E-state index in [1.54, 1.807) is 14.2 Å². The molecule has 1 aromatic rings. The largest absolute Gasteiger partial charge is 0.493 e. The molecule has 1 N–H and O–H groups in total. The van der Waals surface area contributed by atoms with Crippen molar-refractivity contribution in [1.82, 2.24) is 15.1 Å². The number of benzene rings is 1. The maximum absolute atomic E-state index is 12.8. The Hall–Kier alpha value is -1.79. The Morgan fingerprint density at radius 2 is 1.79 bits per heavy atom. The lowest BCUT2D eigenvalue weighted by atomic mass is 9.86. The zero-order valence-electron chi connectivity index (χ0n) is 18.4. The second kappa shape index (κ2) is 10.3. The van der Waals surface area contributed by atoms with Crippen LogP contribution in [0.3, 0.4) is 0 Å². The summed E-state index contributed by atoms with van der Waals surface area (Å²) < 4.78 is 10.7. The Morgan fingerprint density at radius 3 is 2.45 bits per heavy atom. The highest BCUT2D eigenvalue weighted by atomic mass is 16.5. The monoisotopic (exact) mass is 403 g/mol. The van der Waals surface area contributed by atoms with Gasteiger partial charge in [-0.2, -0.15) is 0 Å². The zero-order chi connectivity index (χ0) is 20.8. The number of amides is 1. The predicted octanol–water partition coefficient (Wildman–Crippen LogP) is 2.90. The minimum absolute atomic E-state index is 0.0626. The Kier molecular flexibility index (Phi) is 7.78. The summed E-state index contributed by atoms with van der Waals surface area (Å²) in [6.45, 7) is 8.96. The molecule has 2 aliphatic rings. The molecular weight excluding hydrogens is 366 g/mol. The molecule has 1 amide bonds. The topological polar surface area (TPSA) is 54.0 Å². The molecule has 1 aliphatic heterocycles. The highest BCUT2D eigenvalue weighted by molar-refractivity contribution is 5.81. The van der Waals surface area contributed by atoms with Crippen LogP contribution in [0, 0.1) is 5.92 Å². The van der Waals surface area contributed by atoms with Crippen molar-refractivity contribution in [3.05, 3.63) is 23.8 Å². The van der Waals surface area contributed by atoms with Gasteiger partial charge in [-0.15, -0.1) is 0 Å². The molecular formula is C23H37N3O3. The Bertz CT molecular complexity index is 673. The fraction of sp³-hybridized carbons (Fsp3) is 0.696. The summed E-state index contributed by atoms with van der Waals surface area (Å²) in [6, 6.07) is 6.39. The van der Waals surface area contributed by atoms with E-state index in [-0.39, 0.29) is 11.9 Å². The Labute approximate surface area is 175 Å². The van der Waals surface area contributed by atoms with Gasteiger partial charge >= 0.3 is 0 Å². The van der Waals surface area contributed by atoms with Crippen LogP contribution >= 0.6 is 0 Å². The van der Waals surface area contributed by atoms with Gasteiger partial charge in [-0.1, -0.05) is 25.8 Å². The van der Waals surface area contributed by atoms with E-state index < -0.39 is 0 Å². The van der Waals surface area contributed by atoms with E-state index >= 15 is 0 Å². The molecule has 0 spiro atoms. The summed E-state index contributed by atoms with van der Waals surface area (Å²) in [5.74, 6) is 2.31. The molecule has 162 valence electrons. The number of hydrogen-bond acceptors (Lipinski definition) is 5. The Morgan fingerprint density at radius 1 is 1.10 bits per heavy atom. The van der Waals surface area contributed by atoms with E-state index in [1.165, 1.54) is 24.8 Å². The van der Waals surface area contributed by atoms with Crippen molar-refractivity contribution < 1.29 is 14.3 Å². The lowest BCUT2D eigenvalue weighted by molar-refractivity contribution is -0.127. The van der Waals surface area contributed by atoms with Crippen molar-refractivity contribution in [3.63, 3.8) is 0 Å². The number of rotatable bonds is 7. The molecule has 2 fully saturated rings. The van der Waals surface area contributed by atoms with Crippen LogP contribution in [-0.2, 0) is 11.3 Å². The van der Waals surface area contributed by atoms with Crippen molar-refractivity contribution in [2.75, 3.05) is 40.4 Å². The number of carbonyl (C=O) groups is 1. The summed E-state index contributed by atoms with van der Waals surface area (Å²) >= 11 is 0. The average molecular weight is 404 g/mol. The first-order valence-electron chi connectivity index (χ1n) is 11.0. The standard InChI is InChI=1S/C23H37N3O3/c1-17-7-5-6-8-20(17)24-23(27)18(2)26-13-11-25(12-14-26)16-19-9-10-21(28-3)22(15-19)29-4/h9-10,15,17-18,20H,5-8,11-14,16H2,1-4H3,(H,24,27)/t17-,18-,20-/m1/s1. The highest BCUT2D eigenvalue weighted by Gasteiger charge is 2.29. The van der Waals surface area contributed by atoms with Gasteiger partial charge in [0.25, 0.3) is 0 Å². The summed E-state index contributed by atoms with van der Waals surface area (Å²) in [7, 11) is 3.32. The summed E-state index contributed by atoms with van der Waals surface area (Å²) in [5, 5.41) is 3.32. The molecule has 0 unspecified atom stereocenters. The van der Waals surface area contributed by atoms with Crippen LogP contribution in [-0.4, -0.2) is 68.2 Å². The maximum atomic E-state index is 12.8. The van der Waals surface area contributed by atoms with Crippen LogP contribution in [0.25, 0.3) is 0 Å². The van der Waals surface area contributed by atoms with Crippen molar-refractivity contribution in [2.24, 2.45) is 5.92 Å². The van der Waals surface area contributed by atoms with E-state index in [2.05, 4.69) is 28.1 Å². The molecule has 6 nitrogen and oxygen atoms in total. The van der Waals surface area contributed by atoms with Crippen molar-refractivity contribution in [3.8, 4) is 11.5 Å². The number of carbonyl (C=O) groups excluding carboxylic acids is 1. The first-order chi connectivity index (χ1) is 14.0. The fourth-order valence-corrected chi connectivity index (χ4v) is 4.55. The highest BCUT2D eigenvalue weighted by Crippen LogP contribution is 2.28. The molecule has 3 rings (SSSR count). The molecule has 1 saturated heterocycles. The van der Waals surface area contributed by atoms with E-state index in [4.69, 9.17) is 9.47 Å². The normalized spacial score (nSPS) is 24.7. The van der Waals surface area contributed by atoms with Crippen LogP contribution in [0.1, 0.15) is 45.1 Å². The summed E-state index contributed by atoms with van der Waals surface area (Å²) in [6.07, 6.45) is 4.89. The number of nitrogens with one attached hydrogen (secondary N) is 1. The third kappa shape index (κ3) is 5.64. The SMILES string of the molecule is COc1ccc(CN2CCN([C@H](C)C(=O)N[C@@H]3CCCC[C@H]3C)CC2)cc1OC. The van der Waals surface area contributed by atoms with Crippen molar-refractivity contribution >= 4 is 5.91 Å². The van der Waals surface area contributed by atoms with Crippen LogP contribution in [0.15, 0.2) is 18.2 Å². The minimum Gasteiger partial charge on any atom is -0.493 e. The maximum Gasteiger partial charge on any atom is 0.237 e. The number of piperazine rings is 1. The van der Waals surface area contributed by atoms with Gasteiger partial charge in [-0.25, -0.2) is 0 Å². The van der Waals surface area contributed by atoms with Gasteiger partial charge in [0.2, 0.25) is 5.91 Å². The molecule has 1 heterocycles. The van der Waals surface area contributed by atoms with E-state index in [1.807, 2.05) is 19.1 Å². The Balaban J connectivity index is 1.47. The molecule has 1 aliphatic carbocycles. The molecule has 0 radical (unpaired) electrons. The van der Waals surface area contributed by atoms with E-state index in [0.29, 0.717) is 12.0 Å². The van der Waals surface area contributed by atoms with Crippen LogP contribution in [0.4, 0.5) is 0 Å². The van der Waals surface area contributed by atoms with Gasteiger partial charge < -0.3 is 14.8 Å². The van der Waals surface area contributed by atoms with E-state index in [0.717, 1.165) is 50.6 Å². The molecule has 1 saturated carbocycles. The van der Waals surface area contributed by atoms with E-state index in [9.17, 15) is 4.79 Å². The van der Waals surface area contributed by atoms with Crippen LogP contribution < -0.4 is 14.8 Å². The van der Waals surface area contributed by atoms with Crippen molar-refractivity contribution in [1.29, 1.82) is 0 Å². The predicted molar refractivity (Wildman–Crippen MR) is 115 cm³/mol. The average Bonchev–Trinajstić information content (AvgIpc) is 2.75. The van der Waals surface area contributed by atoms with Crippen LogP contribution in [0.2, 0.25) is 0 Å². The second-order valence-electron chi connectivity index (χ2n) is 8.55. The lowest BCUT2D eigenvalue weighted by Crippen LogP contribution is -2.55. The fourth-order valence-electron chi connectivity index (χ4n) is 4.55. The number of ether oxygens (including phenoxy) is 2. The first-order valence-corrected chi connectivity index (χ1v) is 11.0. The number of hydrogen-bond donors (Lipinski definition) is 1. The third-order valence-electron chi connectivity index (χ3n) is 6.63. The number of nitrogens with zero attached hydrogens (tertiary/aromatic N) is 2. The van der Waals surface area contributed by atoms with Gasteiger partial charge in [0.15, 0.2) is 11.5 Å². The zero-order valence-corrected chi connectivity index (χ0v) is 18.4. The molecule has 29 heavy (non-hydrogen) atoms. The quantitative estimate of drug-likeness (QED) is 0.759. The summed E-state index contributed by atoms with van der Waals surface area (Å²) in [5.41, 5.74) is 1.22. The second-order valence-corrected chi connectivity index (χ2v) is 8.55. The third-order valence-corrected chi connectivity index (χ3v) is 6.63. The smallest absolute Gasteiger partial charge is 0.237 e. The first kappa shape index (κ1) is 21.9. The van der Waals surface area contributed by atoms with Gasteiger partial charge in [-0.05, 0) is 43.4 Å².